The van der Waals surface area contributed by atoms with E-state index < -0.39 is 0 Å². The summed E-state index contributed by atoms with van der Waals surface area (Å²) in [6, 6.07) is 7.42. The SMILES string of the molecule is Cc1ncsc1CCN(C)C(=O)c1ccccc1-c1ncn[nH]1. The summed E-state index contributed by atoms with van der Waals surface area (Å²) in [5, 5.41) is 6.67. The summed E-state index contributed by atoms with van der Waals surface area (Å²) in [4.78, 5) is 24.1. The van der Waals surface area contributed by atoms with Crippen LogP contribution in [0.25, 0.3) is 11.4 Å². The molecule has 0 aliphatic carbocycles. The average Bonchev–Trinajstić information content (AvgIpc) is 3.23. The minimum Gasteiger partial charge on any atom is -0.341 e. The van der Waals surface area contributed by atoms with Crippen molar-refractivity contribution in [2.24, 2.45) is 0 Å². The third-order valence-corrected chi connectivity index (χ3v) is 4.69. The molecule has 0 saturated carbocycles. The molecule has 7 heteroatoms. The van der Waals surface area contributed by atoms with E-state index in [9.17, 15) is 4.79 Å². The fourth-order valence-corrected chi connectivity index (χ4v) is 3.12. The number of nitrogens with zero attached hydrogens (tertiary/aromatic N) is 4. The summed E-state index contributed by atoms with van der Waals surface area (Å²) >= 11 is 1.63. The lowest BCUT2D eigenvalue weighted by molar-refractivity contribution is 0.0797. The molecule has 0 spiro atoms. The van der Waals surface area contributed by atoms with Gasteiger partial charge in [-0.15, -0.1) is 11.3 Å². The van der Waals surface area contributed by atoms with Gasteiger partial charge in [-0.05, 0) is 13.0 Å². The van der Waals surface area contributed by atoms with Crippen LogP contribution < -0.4 is 0 Å². The first-order valence-electron chi connectivity index (χ1n) is 7.26. The zero-order chi connectivity index (χ0) is 16.2. The minimum absolute atomic E-state index is 0.0285. The van der Waals surface area contributed by atoms with Gasteiger partial charge in [-0.1, -0.05) is 18.2 Å². The molecule has 0 fully saturated rings. The molecular weight excluding hydrogens is 310 g/mol. The number of hydrogen-bond donors (Lipinski definition) is 1. The molecule has 2 aromatic heterocycles. The Bertz CT molecular complexity index is 796. The first kappa shape index (κ1) is 15.4. The number of amides is 1. The summed E-state index contributed by atoms with van der Waals surface area (Å²) in [5.74, 6) is 0.569. The van der Waals surface area contributed by atoms with Crippen LogP contribution in [0.5, 0.6) is 0 Å². The summed E-state index contributed by atoms with van der Waals surface area (Å²) in [6.45, 7) is 2.64. The molecular formula is C16H17N5OS. The molecule has 1 amide bonds. The molecule has 118 valence electrons. The van der Waals surface area contributed by atoms with Crippen molar-refractivity contribution in [1.29, 1.82) is 0 Å². The largest absolute Gasteiger partial charge is 0.341 e. The predicted octanol–water partition coefficient (Wildman–Crippen LogP) is 2.55. The fraction of sp³-hybridized carbons (Fsp3) is 0.250. The Morgan fingerprint density at radius 1 is 1.30 bits per heavy atom. The van der Waals surface area contributed by atoms with E-state index in [0.717, 1.165) is 17.7 Å². The number of hydrogen-bond acceptors (Lipinski definition) is 5. The number of aromatic nitrogens is 4. The number of carbonyl (C=O) groups excluding carboxylic acids is 1. The van der Waals surface area contributed by atoms with Gasteiger partial charge in [0.05, 0.1) is 16.8 Å². The highest BCUT2D eigenvalue weighted by Gasteiger charge is 2.18. The Balaban J connectivity index is 1.76. The zero-order valence-corrected chi connectivity index (χ0v) is 13.8. The quantitative estimate of drug-likeness (QED) is 0.781. The zero-order valence-electron chi connectivity index (χ0n) is 13.0. The molecule has 0 saturated heterocycles. The molecule has 2 heterocycles. The van der Waals surface area contributed by atoms with Crippen molar-refractivity contribution in [3.8, 4) is 11.4 Å². The van der Waals surface area contributed by atoms with Crippen molar-refractivity contribution in [2.75, 3.05) is 13.6 Å². The van der Waals surface area contributed by atoms with E-state index in [2.05, 4.69) is 20.2 Å². The minimum atomic E-state index is -0.0285. The molecule has 6 nitrogen and oxygen atoms in total. The number of likely N-dealkylation sites (N-methyl/N-ethyl adjacent to an activating group) is 1. The van der Waals surface area contributed by atoms with Crippen molar-refractivity contribution < 1.29 is 4.79 Å². The van der Waals surface area contributed by atoms with Crippen LogP contribution in [0.4, 0.5) is 0 Å². The number of benzene rings is 1. The highest BCUT2D eigenvalue weighted by Crippen LogP contribution is 2.21. The monoisotopic (exact) mass is 327 g/mol. The Hall–Kier alpha value is -2.54. The van der Waals surface area contributed by atoms with E-state index in [1.54, 1.807) is 16.2 Å². The highest BCUT2D eigenvalue weighted by atomic mass is 32.1. The molecule has 0 bridgehead atoms. The van der Waals surface area contributed by atoms with Crippen molar-refractivity contribution in [1.82, 2.24) is 25.1 Å². The number of nitrogens with one attached hydrogen (secondary N) is 1. The lowest BCUT2D eigenvalue weighted by atomic mass is 10.1. The standard InChI is InChI=1S/C16H17N5OS/c1-11-14(23-10-18-11)7-8-21(2)16(22)13-6-4-3-5-12(13)15-17-9-19-20-15/h3-6,9-10H,7-8H2,1-2H3,(H,17,19,20). The van der Waals surface area contributed by atoms with Crippen LogP contribution in [0.1, 0.15) is 20.9 Å². The number of aromatic amines is 1. The maximum Gasteiger partial charge on any atom is 0.254 e. The Morgan fingerprint density at radius 2 is 2.13 bits per heavy atom. The van der Waals surface area contributed by atoms with Crippen molar-refractivity contribution in [3.63, 3.8) is 0 Å². The van der Waals surface area contributed by atoms with Gasteiger partial charge in [0.25, 0.3) is 5.91 Å². The van der Waals surface area contributed by atoms with E-state index in [4.69, 9.17) is 0 Å². The van der Waals surface area contributed by atoms with E-state index in [1.165, 1.54) is 11.2 Å². The van der Waals surface area contributed by atoms with Gasteiger partial charge >= 0.3 is 0 Å². The smallest absolute Gasteiger partial charge is 0.254 e. The molecule has 0 aliphatic rings. The van der Waals surface area contributed by atoms with E-state index >= 15 is 0 Å². The van der Waals surface area contributed by atoms with Crippen LogP contribution in [0.15, 0.2) is 36.1 Å². The molecule has 3 aromatic rings. The van der Waals surface area contributed by atoms with Crippen molar-refractivity contribution in [2.45, 2.75) is 13.3 Å². The summed E-state index contributed by atoms with van der Waals surface area (Å²) in [7, 11) is 1.82. The van der Waals surface area contributed by atoms with Crippen LogP contribution >= 0.6 is 11.3 Å². The van der Waals surface area contributed by atoms with Crippen molar-refractivity contribution in [3.05, 3.63) is 52.2 Å². The Morgan fingerprint density at radius 3 is 2.83 bits per heavy atom. The molecule has 0 unspecified atom stereocenters. The van der Waals surface area contributed by atoms with E-state index in [0.29, 0.717) is 17.9 Å². The molecule has 1 N–H and O–H groups in total. The molecule has 0 atom stereocenters. The molecule has 23 heavy (non-hydrogen) atoms. The maximum absolute atomic E-state index is 12.8. The summed E-state index contributed by atoms with van der Waals surface area (Å²) < 4.78 is 0. The van der Waals surface area contributed by atoms with Crippen LogP contribution in [-0.4, -0.2) is 44.6 Å². The normalized spacial score (nSPS) is 10.7. The second kappa shape index (κ2) is 6.70. The lowest BCUT2D eigenvalue weighted by Crippen LogP contribution is -2.29. The van der Waals surface area contributed by atoms with E-state index in [-0.39, 0.29) is 5.91 Å². The lowest BCUT2D eigenvalue weighted by Gasteiger charge is -2.18. The van der Waals surface area contributed by atoms with Gasteiger partial charge in [-0.3, -0.25) is 9.89 Å². The first-order chi connectivity index (χ1) is 11.2. The topological polar surface area (TPSA) is 74.8 Å². The van der Waals surface area contributed by atoms with Gasteiger partial charge in [0.2, 0.25) is 0 Å². The van der Waals surface area contributed by atoms with Crippen molar-refractivity contribution >= 4 is 17.2 Å². The van der Waals surface area contributed by atoms with E-state index in [1.807, 2.05) is 43.7 Å². The van der Waals surface area contributed by atoms with Gasteiger partial charge in [-0.25, -0.2) is 9.97 Å². The van der Waals surface area contributed by atoms with Gasteiger partial charge in [0.1, 0.15) is 6.33 Å². The second-order valence-corrected chi connectivity index (χ2v) is 6.16. The van der Waals surface area contributed by atoms with Crippen LogP contribution in [0, 0.1) is 6.92 Å². The number of carbonyl (C=O) groups is 1. The van der Waals surface area contributed by atoms with Gasteiger partial charge in [0.15, 0.2) is 5.82 Å². The van der Waals surface area contributed by atoms with Crippen LogP contribution in [0.3, 0.4) is 0 Å². The second-order valence-electron chi connectivity index (χ2n) is 5.22. The Labute approximate surface area is 138 Å². The van der Waals surface area contributed by atoms with Gasteiger partial charge in [-0.2, -0.15) is 5.10 Å². The number of rotatable bonds is 5. The molecule has 1 aromatic carbocycles. The summed E-state index contributed by atoms with van der Waals surface area (Å²) in [6.07, 6.45) is 2.25. The third kappa shape index (κ3) is 3.29. The van der Waals surface area contributed by atoms with Gasteiger partial charge < -0.3 is 4.90 Å². The predicted molar refractivity (Wildman–Crippen MR) is 89.3 cm³/mol. The molecule has 3 rings (SSSR count). The fourth-order valence-electron chi connectivity index (χ4n) is 2.35. The Kier molecular flexibility index (Phi) is 4.47. The number of aryl methyl sites for hydroxylation is 1. The van der Waals surface area contributed by atoms with Crippen LogP contribution in [0.2, 0.25) is 0 Å². The molecule has 0 aliphatic heterocycles. The number of thiazole rings is 1. The maximum atomic E-state index is 12.8. The number of H-pyrrole nitrogens is 1. The average molecular weight is 327 g/mol. The summed E-state index contributed by atoms with van der Waals surface area (Å²) in [5.41, 5.74) is 4.26. The van der Waals surface area contributed by atoms with Gasteiger partial charge in [0, 0.05) is 30.5 Å². The van der Waals surface area contributed by atoms with Crippen LogP contribution in [-0.2, 0) is 6.42 Å². The first-order valence-corrected chi connectivity index (χ1v) is 8.14. The third-order valence-electron chi connectivity index (χ3n) is 3.69. The highest BCUT2D eigenvalue weighted by molar-refractivity contribution is 7.09. The molecule has 0 radical (unpaired) electrons.